The molecule has 1 aliphatic rings. The Morgan fingerprint density at radius 2 is 1.38 bits per heavy atom. The number of ether oxygens (including phenoxy) is 1. The second-order valence-corrected chi connectivity index (χ2v) is 16.6. The summed E-state index contributed by atoms with van der Waals surface area (Å²) in [4.78, 5) is 9.38. The molecule has 0 amide bonds. The second-order valence-electron chi connectivity index (χ2n) is 14.6. The minimum Gasteiger partial charge on any atom is -0.497 e. The standard InChI is InChI=1S/C48H38N3OS2.Pt/c1-31-32(2)51(47-38(33-14-8-6-9-15-33)20-13-21-39(47)34-16-10-7-11-17-34)30-50(31)36-18-12-19-37(27-36)52-45-28-41-44(54-45)29-43-40(23-25-53-43)46(41)42-26-35(22-24-49-42)48(3,4)5;/h6-26,29-30H,1-5H3;/q-3;. The van der Waals surface area contributed by atoms with Crippen LogP contribution in [-0.2, 0) is 26.5 Å². The van der Waals surface area contributed by atoms with E-state index in [1.165, 1.54) is 37.9 Å². The van der Waals surface area contributed by atoms with Crippen LogP contribution >= 0.6 is 22.7 Å². The van der Waals surface area contributed by atoms with E-state index in [4.69, 9.17) is 9.72 Å². The number of hydrogen-bond acceptors (Lipinski definition) is 6. The maximum atomic E-state index is 6.58. The van der Waals surface area contributed by atoms with Crippen LogP contribution in [0.4, 0.5) is 11.4 Å². The van der Waals surface area contributed by atoms with E-state index in [1.54, 1.807) is 22.7 Å². The number of anilines is 2. The van der Waals surface area contributed by atoms with Crippen LogP contribution in [-0.4, -0.2) is 4.98 Å². The summed E-state index contributed by atoms with van der Waals surface area (Å²) in [5.74, 6) is 0.637. The zero-order valence-corrected chi connectivity index (χ0v) is 35.1. The van der Waals surface area contributed by atoms with Crippen molar-refractivity contribution in [1.82, 2.24) is 4.98 Å². The summed E-state index contributed by atoms with van der Waals surface area (Å²) in [6.45, 7) is 13.2. The average molecular weight is 932 g/mol. The molecule has 0 fully saturated rings. The van der Waals surface area contributed by atoms with Crippen LogP contribution in [0.2, 0.25) is 0 Å². The number of aromatic nitrogens is 1. The molecule has 4 heterocycles. The monoisotopic (exact) mass is 931 g/mol. The molecule has 0 saturated carbocycles. The number of nitrogens with zero attached hydrogens (tertiary/aromatic N) is 3. The molecule has 1 aliphatic heterocycles. The fourth-order valence-corrected chi connectivity index (χ4v) is 9.04. The number of para-hydroxylation sites is 1. The molecule has 0 spiro atoms. The summed E-state index contributed by atoms with van der Waals surface area (Å²) in [5, 5.41) is 5.07. The third-order valence-corrected chi connectivity index (χ3v) is 12.0. The van der Waals surface area contributed by atoms with E-state index in [0.717, 1.165) is 44.1 Å². The predicted octanol–water partition coefficient (Wildman–Crippen LogP) is 13.9. The number of thiophene rings is 2. The summed E-state index contributed by atoms with van der Waals surface area (Å²) in [6.07, 6.45) is 1.93. The second kappa shape index (κ2) is 14.9. The maximum absolute atomic E-state index is 6.58. The first-order valence-electron chi connectivity index (χ1n) is 18.1. The number of hydrogen-bond donors (Lipinski definition) is 0. The minimum absolute atomic E-state index is 0. The number of fused-ring (bicyclic) bond motifs is 2. The van der Waals surface area contributed by atoms with E-state index in [0.29, 0.717) is 10.8 Å². The first-order chi connectivity index (χ1) is 26.2. The Morgan fingerprint density at radius 1 is 0.709 bits per heavy atom. The third-order valence-electron chi connectivity index (χ3n) is 10.2. The summed E-state index contributed by atoms with van der Waals surface area (Å²) in [7, 11) is 0. The van der Waals surface area contributed by atoms with Crippen LogP contribution in [0.15, 0.2) is 144 Å². The van der Waals surface area contributed by atoms with E-state index >= 15 is 0 Å². The van der Waals surface area contributed by atoms with Gasteiger partial charge in [0.2, 0.25) is 0 Å². The molecule has 0 unspecified atom stereocenters. The number of pyridine rings is 1. The Bertz CT molecular complexity index is 2630. The van der Waals surface area contributed by atoms with Gasteiger partial charge >= 0.3 is 0 Å². The van der Waals surface area contributed by atoms with Crippen molar-refractivity contribution in [3.8, 4) is 44.3 Å². The summed E-state index contributed by atoms with van der Waals surface area (Å²) < 4.78 is 8.94. The van der Waals surface area contributed by atoms with Gasteiger partial charge in [-0.25, -0.2) is 0 Å². The first kappa shape index (κ1) is 36.9. The third kappa shape index (κ3) is 6.93. The zero-order chi connectivity index (χ0) is 37.0. The van der Waals surface area contributed by atoms with Crippen molar-refractivity contribution in [3.05, 3.63) is 169 Å². The molecule has 0 saturated heterocycles. The maximum Gasteiger partial charge on any atom is 0.107 e. The van der Waals surface area contributed by atoms with Crippen molar-refractivity contribution in [1.29, 1.82) is 0 Å². The number of benzene rings is 5. The molecule has 55 heavy (non-hydrogen) atoms. The topological polar surface area (TPSA) is 28.6 Å². The molecule has 4 nitrogen and oxygen atoms in total. The van der Waals surface area contributed by atoms with Gasteiger partial charge in [-0.3, -0.25) is 4.98 Å². The predicted molar refractivity (Wildman–Crippen MR) is 228 cm³/mol. The quantitative estimate of drug-likeness (QED) is 0.149. The molecule has 0 bridgehead atoms. The molecule has 3 aromatic heterocycles. The molecule has 0 radical (unpaired) electrons. The average Bonchev–Trinajstić information content (AvgIpc) is 3.90. The Balaban J connectivity index is 0.00000427. The van der Waals surface area contributed by atoms with E-state index in [9.17, 15) is 0 Å². The molecule has 0 N–H and O–H groups in total. The van der Waals surface area contributed by atoms with Crippen LogP contribution in [0.3, 0.4) is 0 Å². The Hall–Kier alpha value is -5.00. The van der Waals surface area contributed by atoms with Gasteiger partial charge < -0.3 is 14.5 Å². The largest absolute Gasteiger partial charge is 0.497 e. The fraction of sp³-hybridized carbons (Fsp3) is 0.125. The van der Waals surface area contributed by atoms with Gasteiger partial charge in [-0.1, -0.05) is 127 Å². The molecule has 7 heteroatoms. The van der Waals surface area contributed by atoms with Crippen LogP contribution < -0.4 is 14.5 Å². The van der Waals surface area contributed by atoms with Gasteiger partial charge in [0.05, 0.1) is 0 Å². The SMILES string of the molecule is CC1=C(C)N(c2c(-c3ccccc3)cccc2-c2ccccc2)[CH-]N1c1[c-]c(Oc2[c-]c3c(-c4cc(C(C)(C)C)ccn4)c4ccsc4cc3s2)ccc1.[Pt]. The van der Waals surface area contributed by atoms with Crippen LogP contribution in [0.5, 0.6) is 10.8 Å². The zero-order valence-electron chi connectivity index (χ0n) is 31.2. The van der Waals surface area contributed by atoms with Crippen LogP contribution in [0.25, 0.3) is 53.7 Å². The molecular formula is C48H38N3OPtS2-3. The normalized spacial score (nSPS) is 13.2. The van der Waals surface area contributed by atoms with Gasteiger partial charge in [0.1, 0.15) is 5.06 Å². The fourth-order valence-electron chi connectivity index (χ4n) is 7.21. The molecule has 5 aromatic carbocycles. The van der Waals surface area contributed by atoms with E-state index in [2.05, 4.69) is 178 Å². The van der Waals surface area contributed by atoms with E-state index in [-0.39, 0.29) is 26.5 Å². The molecule has 9 rings (SSSR count). The number of rotatable bonds is 7. The molecule has 276 valence electrons. The van der Waals surface area contributed by atoms with Gasteiger partial charge in [-0.2, -0.15) is 22.8 Å². The summed E-state index contributed by atoms with van der Waals surface area (Å²) >= 11 is 3.36. The van der Waals surface area contributed by atoms with Crippen molar-refractivity contribution in [2.24, 2.45) is 0 Å². The smallest absolute Gasteiger partial charge is 0.107 e. The van der Waals surface area contributed by atoms with Crippen molar-refractivity contribution in [2.45, 2.75) is 40.0 Å². The van der Waals surface area contributed by atoms with Gasteiger partial charge in [-0.15, -0.1) is 48.0 Å². The molecule has 8 aromatic rings. The molecule has 0 atom stereocenters. The Labute approximate surface area is 345 Å². The first-order valence-corrected chi connectivity index (χ1v) is 19.8. The Kier molecular flexibility index (Phi) is 10.0. The summed E-state index contributed by atoms with van der Waals surface area (Å²) in [5.41, 5.74) is 12.3. The molecular weight excluding hydrogens is 894 g/mol. The Morgan fingerprint density at radius 3 is 2.07 bits per heavy atom. The number of allylic oxidation sites excluding steroid dienone is 2. The van der Waals surface area contributed by atoms with Crippen molar-refractivity contribution in [2.75, 3.05) is 9.80 Å². The summed E-state index contributed by atoms with van der Waals surface area (Å²) in [6, 6.07) is 49.9. The van der Waals surface area contributed by atoms with Crippen molar-refractivity contribution >= 4 is 54.2 Å². The van der Waals surface area contributed by atoms with Crippen molar-refractivity contribution < 1.29 is 25.8 Å². The van der Waals surface area contributed by atoms with Crippen LogP contribution in [0, 0.1) is 18.8 Å². The minimum atomic E-state index is 0. The van der Waals surface area contributed by atoms with Crippen LogP contribution in [0.1, 0.15) is 40.2 Å². The van der Waals surface area contributed by atoms with Gasteiger partial charge in [0.25, 0.3) is 0 Å². The van der Waals surface area contributed by atoms with Crippen molar-refractivity contribution in [3.63, 3.8) is 0 Å². The van der Waals surface area contributed by atoms with E-state index < -0.39 is 0 Å². The molecule has 0 aliphatic carbocycles. The van der Waals surface area contributed by atoms with Gasteiger partial charge in [-0.05, 0) is 53.5 Å². The van der Waals surface area contributed by atoms with Gasteiger partial charge in [0, 0.05) is 71.6 Å². The van der Waals surface area contributed by atoms with E-state index in [1.807, 2.05) is 18.3 Å². The van der Waals surface area contributed by atoms with Gasteiger partial charge in [0.15, 0.2) is 0 Å².